The van der Waals surface area contributed by atoms with Gasteiger partial charge < -0.3 is 5.32 Å². The Labute approximate surface area is 115 Å². The third kappa shape index (κ3) is 3.47. The molecular formula is C12H9F6N3. The smallest absolute Gasteiger partial charge is 0.375 e. The molecule has 1 N–H and O–H groups in total. The van der Waals surface area contributed by atoms with Crippen molar-refractivity contribution in [3.63, 3.8) is 0 Å². The quantitative estimate of drug-likeness (QED) is 0.864. The number of anilines is 1. The highest BCUT2D eigenvalue weighted by Crippen LogP contribution is 2.31. The molecule has 2 rings (SSSR count). The van der Waals surface area contributed by atoms with Gasteiger partial charge in [-0.25, -0.2) is 9.37 Å². The fourth-order valence-electron chi connectivity index (χ4n) is 1.67. The molecule has 9 heteroatoms. The molecule has 1 aromatic heterocycles. The number of hydrogen-bond acceptors (Lipinski definition) is 2. The van der Waals surface area contributed by atoms with Crippen LogP contribution in [-0.4, -0.2) is 9.55 Å². The lowest BCUT2D eigenvalue weighted by Crippen LogP contribution is -2.11. The van der Waals surface area contributed by atoms with Gasteiger partial charge in [0.25, 0.3) is 0 Å². The summed E-state index contributed by atoms with van der Waals surface area (Å²) in [7, 11) is 0. The zero-order valence-corrected chi connectivity index (χ0v) is 10.3. The standard InChI is InChI=1S/C12H9F6N3/c13-8-2-1-7(12(16,17)18)5-9(8)20-6-10-19-3-4-21(10)11(14)15/h1-5,11,20H,6H2. The van der Waals surface area contributed by atoms with Crippen LogP contribution in [-0.2, 0) is 12.7 Å². The van der Waals surface area contributed by atoms with Gasteiger partial charge in [-0.05, 0) is 18.2 Å². The van der Waals surface area contributed by atoms with Gasteiger partial charge in [0.05, 0.1) is 17.8 Å². The van der Waals surface area contributed by atoms with Crippen LogP contribution < -0.4 is 5.32 Å². The van der Waals surface area contributed by atoms with Crippen molar-refractivity contribution in [1.82, 2.24) is 9.55 Å². The van der Waals surface area contributed by atoms with Crippen molar-refractivity contribution in [2.24, 2.45) is 0 Å². The summed E-state index contributed by atoms with van der Waals surface area (Å²) in [6.07, 6.45) is -2.48. The first-order chi connectivity index (χ1) is 9.79. The van der Waals surface area contributed by atoms with Crippen LogP contribution in [0.3, 0.4) is 0 Å². The summed E-state index contributed by atoms with van der Waals surface area (Å²) in [5, 5.41) is 2.33. The number of halogens is 6. The predicted molar refractivity (Wildman–Crippen MR) is 62.2 cm³/mol. The van der Waals surface area contributed by atoms with Crippen molar-refractivity contribution in [2.45, 2.75) is 19.3 Å². The van der Waals surface area contributed by atoms with E-state index in [0.717, 1.165) is 12.4 Å². The Morgan fingerprint density at radius 2 is 1.95 bits per heavy atom. The van der Waals surface area contributed by atoms with Crippen molar-refractivity contribution in [2.75, 3.05) is 5.32 Å². The zero-order valence-electron chi connectivity index (χ0n) is 10.3. The normalized spacial score (nSPS) is 12.0. The number of aromatic nitrogens is 2. The number of rotatable bonds is 4. The lowest BCUT2D eigenvalue weighted by Gasteiger charge is -2.12. The first-order valence-corrected chi connectivity index (χ1v) is 5.69. The van der Waals surface area contributed by atoms with Crippen molar-refractivity contribution in [3.8, 4) is 0 Å². The maximum atomic E-state index is 13.4. The topological polar surface area (TPSA) is 29.9 Å². The minimum absolute atomic E-state index is 0.123. The summed E-state index contributed by atoms with van der Waals surface area (Å²) < 4.78 is 76.6. The van der Waals surface area contributed by atoms with E-state index < -0.39 is 29.8 Å². The largest absolute Gasteiger partial charge is 0.416 e. The second-order valence-corrected chi connectivity index (χ2v) is 4.07. The number of benzene rings is 1. The Balaban J connectivity index is 2.18. The van der Waals surface area contributed by atoms with Crippen molar-refractivity contribution >= 4 is 5.69 Å². The molecule has 0 spiro atoms. The Kier molecular flexibility index (Phi) is 4.10. The number of hydrogen-bond donors (Lipinski definition) is 1. The van der Waals surface area contributed by atoms with Crippen molar-refractivity contribution in [1.29, 1.82) is 0 Å². The van der Waals surface area contributed by atoms with E-state index in [1.165, 1.54) is 0 Å². The third-order valence-electron chi connectivity index (χ3n) is 2.69. The van der Waals surface area contributed by atoms with E-state index in [0.29, 0.717) is 22.8 Å². The average Bonchev–Trinajstić information content (AvgIpc) is 2.85. The van der Waals surface area contributed by atoms with Gasteiger partial charge in [-0.3, -0.25) is 4.57 Å². The molecular weight excluding hydrogens is 300 g/mol. The second kappa shape index (κ2) is 5.66. The van der Waals surface area contributed by atoms with E-state index in [-0.39, 0.29) is 12.4 Å². The molecule has 0 radical (unpaired) electrons. The predicted octanol–water partition coefficient (Wildman–Crippen LogP) is 4.05. The summed E-state index contributed by atoms with van der Waals surface area (Å²) in [4.78, 5) is 3.63. The van der Waals surface area contributed by atoms with Gasteiger partial charge in [-0.15, -0.1) is 0 Å². The number of nitrogens with one attached hydrogen (secondary N) is 1. The molecule has 3 nitrogen and oxygen atoms in total. The second-order valence-electron chi connectivity index (χ2n) is 4.07. The van der Waals surface area contributed by atoms with E-state index in [4.69, 9.17) is 0 Å². The van der Waals surface area contributed by atoms with E-state index in [2.05, 4.69) is 10.3 Å². The van der Waals surface area contributed by atoms with Crippen molar-refractivity contribution < 1.29 is 26.3 Å². The van der Waals surface area contributed by atoms with Crippen LogP contribution in [0.25, 0.3) is 0 Å². The van der Waals surface area contributed by atoms with Crippen molar-refractivity contribution in [3.05, 3.63) is 47.8 Å². The lowest BCUT2D eigenvalue weighted by molar-refractivity contribution is -0.137. The minimum Gasteiger partial charge on any atom is -0.375 e. The van der Waals surface area contributed by atoms with Crippen LogP contribution in [0.1, 0.15) is 17.9 Å². The fraction of sp³-hybridized carbons (Fsp3) is 0.250. The molecule has 2 aromatic rings. The Bertz CT molecular complexity index is 620. The maximum Gasteiger partial charge on any atom is 0.416 e. The molecule has 21 heavy (non-hydrogen) atoms. The molecule has 0 atom stereocenters. The van der Waals surface area contributed by atoms with Crippen LogP contribution >= 0.6 is 0 Å². The van der Waals surface area contributed by atoms with Crippen LogP contribution in [0.5, 0.6) is 0 Å². The molecule has 0 aliphatic heterocycles. The maximum absolute atomic E-state index is 13.4. The molecule has 0 fully saturated rings. The van der Waals surface area contributed by atoms with Gasteiger partial charge in [0.15, 0.2) is 0 Å². The monoisotopic (exact) mass is 309 g/mol. The van der Waals surface area contributed by atoms with E-state index in [1.807, 2.05) is 0 Å². The van der Waals surface area contributed by atoms with Gasteiger partial charge in [-0.2, -0.15) is 22.0 Å². The van der Waals surface area contributed by atoms with E-state index in [9.17, 15) is 26.3 Å². The molecule has 1 heterocycles. The van der Waals surface area contributed by atoms with Gasteiger partial charge in [0.1, 0.15) is 11.6 Å². The Hall–Kier alpha value is -2.19. The van der Waals surface area contributed by atoms with Crippen LogP contribution in [0.15, 0.2) is 30.6 Å². The Morgan fingerprint density at radius 3 is 2.57 bits per heavy atom. The highest BCUT2D eigenvalue weighted by molar-refractivity contribution is 5.48. The molecule has 0 saturated heterocycles. The summed E-state index contributed by atoms with van der Waals surface area (Å²) in [5.74, 6) is -1.04. The average molecular weight is 309 g/mol. The summed E-state index contributed by atoms with van der Waals surface area (Å²) in [6, 6.07) is 1.83. The molecule has 0 unspecified atom stereocenters. The molecule has 0 aliphatic carbocycles. The highest BCUT2D eigenvalue weighted by atomic mass is 19.4. The first-order valence-electron chi connectivity index (χ1n) is 5.69. The highest BCUT2D eigenvalue weighted by Gasteiger charge is 2.31. The lowest BCUT2D eigenvalue weighted by atomic mass is 10.2. The SMILES string of the molecule is Fc1ccc(C(F)(F)F)cc1NCc1nccn1C(F)F. The number of imidazole rings is 1. The van der Waals surface area contributed by atoms with Gasteiger partial charge in [0, 0.05) is 12.4 Å². The molecule has 0 aliphatic rings. The van der Waals surface area contributed by atoms with E-state index >= 15 is 0 Å². The van der Waals surface area contributed by atoms with E-state index in [1.54, 1.807) is 0 Å². The molecule has 0 amide bonds. The molecule has 114 valence electrons. The number of alkyl halides is 5. The van der Waals surface area contributed by atoms with Crippen LogP contribution in [0.2, 0.25) is 0 Å². The third-order valence-corrected chi connectivity index (χ3v) is 2.69. The number of nitrogens with zero attached hydrogens (tertiary/aromatic N) is 2. The summed E-state index contributed by atoms with van der Waals surface area (Å²) in [5.41, 5.74) is -1.47. The summed E-state index contributed by atoms with van der Waals surface area (Å²) in [6.45, 7) is -3.18. The van der Waals surface area contributed by atoms with Crippen LogP contribution in [0, 0.1) is 5.82 Å². The van der Waals surface area contributed by atoms with Gasteiger partial charge in [-0.1, -0.05) is 0 Å². The molecule has 0 bridgehead atoms. The van der Waals surface area contributed by atoms with Crippen LogP contribution in [0.4, 0.5) is 32.0 Å². The molecule has 1 aromatic carbocycles. The molecule has 0 saturated carbocycles. The van der Waals surface area contributed by atoms with Gasteiger partial charge >= 0.3 is 12.7 Å². The fourth-order valence-corrected chi connectivity index (χ4v) is 1.67. The first kappa shape index (κ1) is 15.2. The van der Waals surface area contributed by atoms with Gasteiger partial charge in [0.2, 0.25) is 0 Å². The zero-order chi connectivity index (χ0) is 15.6. The Morgan fingerprint density at radius 1 is 1.24 bits per heavy atom. The minimum atomic E-state index is -4.62. The summed E-state index contributed by atoms with van der Waals surface area (Å²) >= 11 is 0.